The molecule has 0 aromatic carbocycles. The summed E-state index contributed by atoms with van der Waals surface area (Å²) in [4.78, 5) is 0. The molecular weight excluding hydrogens is 150 g/mol. The van der Waals surface area contributed by atoms with Crippen molar-refractivity contribution < 1.29 is 8.78 Å². The SMILES string of the molecule is CC(F)(F)CC1(N)CCNC1. The molecule has 1 unspecified atom stereocenters. The zero-order valence-corrected chi connectivity index (χ0v) is 6.66. The molecule has 3 N–H and O–H groups in total. The summed E-state index contributed by atoms with van der Waals surface area (Å²) < 4.78 is 25.0. The molecular formula is C7H14F2N2. The van der Waals surface area contributed by atoms with Crippen molar-refractivity contribution in [2.75, 3.05) is 13.1 Å². The molecule has 1 fully saturated rings. The van der Waals surface area contributed by atoms with Crippen LogP contribution >= 0.6 is 0 Å². The lowest BCUT2D eigenvalue weighted by Crippen LogP contribution is -2.45. The molecule has 2 nitrogen and oxygen atoms in total. The summed E-state index contributed by atoms with van der Waals surface area (Å²) in [7, 11) is 0. The van der Waals surface area contributed by atoms with E-state index in [4.69, 9.17) is 5.73 Å². The molecule has 0 amide bonds. The topological polar surface area (TPSA) is 38.0 Å². The van der Waals surface area contributed by atoms with Crippen LogP contribution in [0.15, 0.2) is 0 Å². The quantitative estimate of drug-likeness (QED) is 0.631. The predicted molar refractivity (Wildman–Crippen MR) is 39.6 cm³/mol. The van der Waals surface area contributed by atoms with Gasteiger partial charge >= 0.3 is 0 Å². The summed E-state index contributed by atoms with van der Waals surface area (Å²) in [5.41, 5.74) is 5.02. The van der Waals surface area contributed by atoms with E-state index in [0.29, 0.717) is 13.0 Å². The average molecular weight is 164 g/mol. The van der Waals surface area contributed by atoms with E-state index in [1.54, 1.807) is 0 Å². The van der Waals surface area contributed by atoms with Crippen molar-refractivity contribution in [1.82, 2.24) is 5.32 Å². The molecule has 0 aromatic heterocycles. The van der Waals surface area contributed by atoms with E-state index in [1.807, 2.05) is 0 Å². The van der Waals surface area contributed by atoms with Crippen LogP contribution in [0.3, 0.4) is 0 Å². The average Bonchev–Trinajstić information content (AvgIpc) is 2.09. The van der Waals surface area contributed by atoms with Crippen LogP contribution in [0.25, 0.3) is 0 Å². The molecule has 0 spiro atoms. The Morgan fingerprint density at radius 1 is 1.64 bits per heavy atom. The molecule has 66 valence electrons. The van der Waals surface area contributed by atoms with Gasteiger partial charge < -0.3 is 11.1 Å². The van der Waals surface area contributed by atoms with Gasteiger partial charge in [0.25, 0.3) is 0 Å². The van der Waals surface area contributed by atoms with Gasteiger partial charge in [0.1, 0.15) is 0 Å². The van der Waals surface area contributed by atoms with Crippen LogP contribution in [-0.4, -0.2) is 24.6 Å². The highest BCUT2D eigenvalue weighted by molar-refractivity contribution is 4.95. The first-order valence-corrected chi connectivity index (χ1v) is 3.79. The molecule has 1 atom stereocenters. The summed E-state index contributed by atoms with van der Waals surface area (Å²) in [6, 6.07) is 0. The van der Waals surface area contributed by atoms with Crippen molar-refractivity contribution in [2.24, 2.45) is 5.73 Å². The van der Waals surface area contributed by atoms with Crippen LogP contribution in [0.1, 0.15) is 19.8 Å². The minimum atomic E-state index is -2.64. The van der Waals surface area contributed by atoms with E-state index in [2.05, 4.69) is 5.32 Å². The second-order valence-corrected chi connectivity index (χ2v) is 3.54. The minimum Gasteiger partial charge on any atom is -0.324 e. The van der Waals surface area contributed by atoms with Crippen molar-refractivity contribution in [3.63, 3.8) is 0 Å². The van der Waals surface area contributed by atoms with Crippen molar-refractivity contribution >= 4 is 0 Å². The van der Waals surface area contributed by atoms with Gasteiger partial charge in [-0.1, -0.05) is 0 Å². The number of alkyl halides is 2. The maximum Gasteiger partial charge on any atom is 0.247 e. The number of halogens is 2. The molecule has 4 heteroatoms. The molecule has 0 radical (unpaired) electrons. The monoisotopic (exact) mass is 164 g/mol. The van der Waals surface area contributed by atoms with Crippen LogP contribution in [0.2, 0.25) is 0 Å². The van der Waals surface area contributed by atoms with Crippen molar-refractivity contribution in [2.45, 2.75) is 31.2 Å². The van der Waals surface area contributed by atoms with Crippen LogP contribution in [0.4, 0.5) is 8.78 Å². The summed E-state index contributed by atoms with van der Waals surface area (Å²) in [5, 5.41) is 2.98. The fraction of sp³-hybridized carbons (Fsp3) is 1.00. The zero-order chi connectivity index (χ0) is 8.54. The Hall–Kier alpha value is -0.220. The first kappa shape index (κ1) is 8.87. The summed E-state index contributed by atoms with van der Waals surface area (Å²) in [6.45, 7) is 2.18. The van der Waals surface area contributed by atoms with Crippen LogP contribution in [0, 0.1) is 0 Å². The lowest BCUT2D eigenvalue weighted by atomic mass is 9.92. The van der Waals surface area contributed by atoms with E-state index in [0.717, 1.165) is 13.5 Å². The maximum atomic E-state index is 12.5. The van der Waals surface area contributed by atoms with Gasteiger partial charge in [-0.3, -0.25) is 0 Å². The van der Waals surface area contributed by atoms with Gasteiger partial charge in [0.2, 0.25) is 5.92 Å². The minimum absolute atomic E-state index is 0.215. The second-order valence-electron chi connectivity index (χ2n) is 3.54. The molecule has 1 rings (SSSR count). The molecule has 0 bridgehead atoms. The Morgan fingerprint density at radius 2 is 2.27 bits per heavy atom. The van der Waals surface area contributed by atoms with Crippen molar-refractivity contribution in [1.29, 1.82) is 0 Å². The molecule has 0 aliphatic carbocycles. The van der Waals surface area contributed by atoms with E-state index < -0.39 is 11.5 Å². The molecule has 0 saturated carbocycles. The maximum absolute atomic E-state index is 12.5. The van der Waals surface area contributed by atoms with Gasteiger partial charge in [-0.25, -0.2) is 8.78 Å². The lowest BCUT2D eigenvalue weighted by molar-refractivity contribution is -0.00654. The summed E-state index contributed by atoms with van der Waals surface area (Å²) in [5.74, 6) is -2.64. The third kappa shape index (κ3) is 2.71. The van der Waals surface area contributed by atoms with Crippen LogP contribution in [0.5, 0.6) is 0 Å². The van der Waals surface area contributed by atoms with Gasteiger partial charge in [-0.05, 0) is 19.9 Å². The van der Waals surface area contributed by atoms with E-state index in [-0.39, 0.29) is 6.42 Å². The van der Waals surface area contributed by atoms with Gasteiger partial charge in [-0.15, -0.1) is 0 Å². The first-order valence-electron chi connectivity index (χ1n) is 3.79. The third-order valence-corrected chi connectivity index (χ3v) is 1.94. The number of hydrogen-bond donors (Lipinski definition) is 2. The Kier molecular flexibility index (Phi) is 2.16. The van der Waals surface area contributed by atoms with Crippen molar-refractivity contribution in [3.05, 3.63) is 0 Å². The normalized spacial score (nSPS) is 32.7. The van der Waals surface area contributed by atoms with Gasteiger partial charge in [0.05, 0.1) is 0 Å². The summed E-state index contributed by atoms with van der Waals surface area (Å²) >= 11 is 0. The highest BCUT2D eigenvalue weighted by atomic mass is 19.3. The first-order chi connectivity index (χ1) is 4.91. The highest BCUT2D eigenvalue weighted by Crippen LogP contribution is 2.27. The third-order valence-electron chi connectivity index (χ3n) is 1.94. The molecule has 0 aromatic rings. The number of nitrogens with two attached hydrogens (primary N) is 1. The molecule has 11 heavy (non-hydrogen) atoms. The smallest absolute Gasteiger partial charge is 0.247 e. The van der Waals surface area contributed by atoms with Crippen LogP contribution in [-0.2, 0) is 0 Å². The standard InChI is InChI=1S/C7H14F2N2/c1-6(8,9)4-7(10)2-3-11-5-7/h11H,2-5,10H2,1H3. The van der Waals surface area contributed by atoms with E-state index in [1.165, 1.54) is 0 Å². The van der Waals surface area contributed by atoms with Crippen LogP contribution < -0.4 is 11.1 Å². The number of rotatable bonds is 2. The zero-order valence-electron chi connectivity index (χ0n) is 6.66. The summed E-state index contributed by atoms with van der Waals surface area (Å²) in [6.07, 6.45) is 0.434. The molecule has 1 aliphatic heterocycles. The molecule has 1 saturated heterocycles. The van der Waals surface area contributed by atoms with E-state index >= 15 is 0 Å². The van der Waals surface area contributed by atoms with Gasteiger partial charge in [0.15, 0.2) is 0 Å². The van der Waals surface area contributed by atoms with Gasteiger partial charge in [0, 0.05) is 18.5 Å². The van der Waals surface area contributed by atoms with Crippen molar-refractivity contribution in [3.8, 4) is 0 Å². The fourth-order valence-electron chi connectivity index (χ4n) is 1.53. The highest BCUT2D eigenvalue weighted by Gasteiger charge is 2.37. The van der Waals surface area contributed by atoms with E-state index in [9.17, 15) is 8.78 Å². The molecule has 1 aliphatic rings. The Labute approximate surface area is 65.1 Å². The second kappa shape index (κ2) is 2.68. The van der Waals surface area contributed by atoms with Gasteiger partial charge in [-0.2, -0.15) is 0 Å². The Bertz CT molecular complexity index is 136. The fourth-order valence-corrected chi connectivity index (χ4v) is 1.53. The molecule has 1 heterocycles. The number of nitrogens with one attached hydrogen (secondary N) is 1. The predicted octanol–water partition coefficient (Wildman–Crippen LogP) is 0.723. The number of hydrogen-bond acceptors (Lipinski definition) is 2. The largest absolute Gasteiger partial charge is 0.324 e. The lowest BCUT2D eigenvalue weighted by Gasteiger charge is -2.25. The Morgan fingerprint density at radius 3 is 2.64 bits per heavy atom. The Balaban J connectivity index is 2.46.